The van der Waals surface area contributed by atoms with E-state index < -0.39 is 5.60 Å². The molecule has 6 heteroatoms. The summed E-state index contributed by atoms with van der Waals surface area (Å²) < 4.78 is 6.15. The highest BCUT2D eigenvalue weighted by Crippen LogP contribution is 2.38. The van der Waals surface area contributed by atoms with E-state index in [1.807, 2.05) is 12.1 Å². The molecule has 1 amide bonds. The molecular formula is C20H18ClNO4. The maximum Gasteiger partial charge on any atom is 0.227 e. The van der Waals surface area contributed by atoms with E-state index >= 15 is 0 Å². The van der Waals surface area contributed by atoms with Crippen LogP contribution in [0, 0.1) is 0 Å². The average molecular weight is 372 g/mol. The standard InChI is InChI=1S/C20H18ClNO4/c21-16-10-14(23)6-5-13(16)9-19(25)22-8-7-20(12-22)11-17(24)15-3-1-2-4-18(15)26-20/h1-6,10,23H,7-9,11-12H2. The SMILES string of the molecule is O=C1CC2(CCN(C(=O)Cc3ccc(O)cc3Cl)C2)Oc2ccccc21. The van der Waals surface area contributed by atoms with Gasteiger partial charge in [0.2, 0.25) is 5.91 Å². The molecule has 0 aliphatic carbocycles. The summed E-state index contributed by atoms with van der Waals surface area (Å²) in [6, 6.07) is 11.8. The van der Waals surface area contributed by atoms with Gasteiger partial charge in [-0.3, -0.25) is 9.59 Å². The number of halogens is 1. The molecule has 1 unspecified atom stereocenters. The first-order valence-corrected chi connectivity index (χ1v) is 8.90. The van der Waals surface area contributed by atoms with Crippen molar-refractivity contribution in [3.63, 3.8) is 0 Å². The third-order valence-corrected chi connectivity index (χ3v) is 5.40. The normalized spacial score (nSPS) is 21.6. The number of ether oxygens (including phenoxy) is 1. The molecule has 2 aromatic carbocycles. The Morgan fingerprint density at radius 3 is 2.88 bits per heavy atom. The number of carbonyl (C=O) groups excluding carboxylic acids is 2. The van der Waals surface area contributed by atoms with Gasteiger partial charge in [0.1, 0.15) is 17.1 Å². The lowest BCUT2D eigenvalue weighted by Crippen LogP contribution is -2.45. The summed E-state index contributed by atoms with van der Waals surface area (Å²) in [5, 5.41) is 9.79. The summed E-state index contributed by atoms with van der Waals surface area (Å²) in [6.07, 6.45) is 1.07. The maximum absolute atomic E-state index is 12.7. The number of hydrogen-bond donors (Lipinski definition) is 1. The first-order valence-electron chi connectivity index (χ1n) is 8.52. The van der Waals surface area contributed by atoms with E-state index in [0.29, 0.717) is 41.4 Å². The molecule has 0 aromatic heterocycles. The number of para-hydroxylation sites is 1. The Bertz CT molecular complexity index is 897. The minimum Gasteiger partial charge on any atom is -0.508 e. The number of nitrogens with zero attached hydrogens (tertiary/aromatic N) is 1. The Hall–Kier alpha value is -2.53. The molecule has 134 valence electrons. The number of hydrogen-bond acceptors (Lipinski definition) is 4. The highest BCUT2D eigenvalue weighted by Gasteiger charge is 2.46. The van der Waals surface area contributed by atoms with Crippen molar-refractivity contribution >= 4 is 23.3 Å². The predicted molar refractivity (Wildman–Crippen MR) is 96.8 cm³/mol. The Kier molecular flexibility index (Phi) is 4.11. The van der Waals surface area contributed by atoms with Crippen molar-refractivity contribution in [1.29, 1.82) is 0 Å². The van der Waals surface area contributed by atoms with Crippen LogP contribution in [0.4, 0.5) is 0 Å². The van der Waals surface area contributed by atoms with Gasteiger partial charge in [0.05, 0.1) is 24.9 Å². The van der Waals surface area contributed by atoms with E-state index in [9.17, 15) is 14.7 Å². The van der Waals surface area contributed by atoms with Crippen LogP contribution in [0.5, 0.6) is 11.5 Å². The Morgan fingerprint density at radius 1 is 1.27 bits per heavy atom. The largest absolute Gasteiger partial charge is 0.508 e. The lowest BCUT2D eigenvalue weighted by molar-refractivity contribution is -0.130. The average Bonchev–Trinajstić information content (AvgIpc) is 3.00. The first-order chi connectivity index (χ1) is 12.5. The van der Waals surface area contributed by atoms with Gasteiger partial charge >= 0.3 is 0 Å². The molecule has 4 rings (SSSR count). The van der Waals surface area contributed by atoms with Crippen LogP contribution in [-0.2, 0) is 11.2 Å². The molecule has 1 atom stereocenters. The number of phenolic OH excluding ortho intramolecular Hbond substituents is 1. The maximum atomic E-state index is 12.7. The van der Waals surface area contributed by atoms with E-state index in [2.05, 4.69) is 0 Å². The van der Waals surface area contributed by atoms with Crippen molar-refractivity contribution in [1.82, 2.24) is 4.90 Å². The zero-order chi connectivity index (χ0) is 18.3. The van der Waals surface area contributed by atoms with Crippen LogP contribution >= 0.6 is 11.6 Å². The second-order valence-corrected chi connectivity index (χ2v) is 7.31. The van der Waals surface area contributed by atoms with Crippen molar-refractivity contribution in [2.75, 3.05) is 13.1 Å². The third kappa shape index (κ3) is 3.03. The summed E-state index contributed by atoms with van der Waals surface area (Å²) in [5.41, 5.74) is 0.639. The predicted octanol–water partition coefficient (Wildman–Crippen LogP) is 3.22. The van der Waals surface area contributed by atoms with E-state index in [1.54, 1.807) is 23.1 Å². The molecule has 1 spiro atoms. The van der Waals surface area contributed by atoms with Crippen LogP contribution in [0.25, 0.3) is 0 Å². The van der Waals surface area contributed by atoms with Gasteiger partial charge in [0.15, 0.2) is 5.78 Å². The Morgan fingerprint density at radius 2 is 2.08 bits per heavy atom. The molecular weight excluding hydrogens is 354 g/mol. The molecule has 2 heterocycles. The first kappa shape index (κ1) is 16.9. The van der Waals surface area contributed by atoms with Crippen molar-refractivity contribution in [3.05, 3.63) is 58.6 Å². The molecule has 1 fully saturated rings. The lowest BCUT2D eigenvalue weighted by Gasteiger charge is -2.34. The molecule has 2 aliphatic rings. The van der Waals surface area contributed by atoms with Gasteiger partial charge in [0.25, 0.3) is 0 Å². The van der Waals surface area contributed by atoms with Crippen molar-refractivity contribution in [3.8, 4) is 11.5 Å². The fraction of sp³-hybridized carbons (Fsp3) is 0.300. The van der Waals surface area contributed by atoms with E-state index in [1.165, 1.54) is 12.1 Å². The van der Waals surface area contributed by atoms with Crippen LogP contribution < -0.4 is 4.74 Å². The van der Waals surface area contributed by atoms with Crippen LogP contribution in [0.15, 0.2) is 42.5 Å². The number of aromatic hydroxyl groups is 1. The Balaban J connectivity index is 1.48. The van der Waals surface area contributed by atoms with Gasteiger partial charge in [-0.25, -0.2) is 0 Å². The van der Waals surface area contributed by atoms with Crippen LogP contribution in [0.3, 0.4) is 0 Å². The summed E-state index contributed by atoms with van der Waals surface area (Å²) in [5.74, 6) is 0.658. The minimum atomic E-state index is -0.639. The van der Waals surface area contributed by atoms with Gasteiger partial charge in [-0.1, -0.05) is 29.8 Å². The van der Waals surface area contributed by atoms with E-state index in [0.717, 1.165) is 0 Å². The molecule has 5 nitrogen and oxygen atoms in total. The monoisotopic (exact) mass is 371 g/mol. The number of carbonyl (C=O) groups is 2. The lowest BCUT2D eigenvalue weighted by atomic mass is 9.89. The molecule has 0 saturated carbocycles. The van der Waals surface area contributed by atoms with Crippen molar-refractivity contribution in [2.24, 2.45) is 0 Å². The number of ketones is 1. The highest BCUT2D eigenvalue weighted by atomic mass is 35.5. The van der Waals surface area contributed by atoms with Gasteiger partial charge in [-0.2, -0.15) is 0 Å². The molecule has 0 radical (unpaired) electrons. The van der Waals surface area contributed by atoms with Gasteiger partial charge in [-0.15, -0.1) is 0 Å². The van der Waals surface area contributed by atoms with Gasteiger partial charge < -0.3 is 14.7 Å². The topological polar surface area (TPSA) is 66.8 Å². The molecule has 26 heavy (non-hydrogen) atoms. The number of phenols is 1. The highest BCUT2D eigenvalue weighted by molar-refractivity contribution is 6.31. The molecule has 2 aliphatic heterocycles. The van der Waals surface area contributed by atoms with Crippen LogP contribution in [0.1, 0.15) is 28.8 Å². The molecule has 1 N–H and O–H groups in total. The molecule has 1 saturated heterocycles. The molecule has 2 aromatic rings. The summed E-state index contributed by atoms with van der Waals surface area (Å²) >= 11 is 6.10. The van der Waals surface area contributed by atoms with E-state index in [4.69, 9.17) is 16.3 Å². The summed E-state index contributed by atoms with van der Waals surface area (Å²) in [7, 11) is 0. The number of Topliss-reactive ketones (excluding diaryl/α,β-unsaturated/α-hetero) is 1. The van der Waals surface area contributed by atoms with E-state index in [-0.39, 0.29) is 30.3 Å². The number of likely N-dealkylation sites (tertiary alicyclic amines) is 1. The van der Waals surface area contributed by atoms with Crippen molar-refractivity contribution < 1.29 is 19.4 Å². The van der Waals surface area contributed by atoms with Crippen LogP contribution in [0.2, 0.25) is 5.02 Å². The zero-order valence-corrected chi connectivity index (χ0v) is 14.8. The third-order valence-electron chi connectivity index (χ3n) is 5.04. The minimum absolute atomic E-state index is 0.0581. The van der Waals surface area contributed by atoms with Gasteiger partial charge in [0, 0.05) is 18.0 Å². The number of rotatable bonds is 2. The summed E-state index contributed by atoms with van der Waals surface area (Å²) in [6.45, 7) is 0.936. The smallest absolute Gasteiger partial charge is 0.227 e. The number of fused-ring (bicyclic) bond motifs is 1. The zero-order valence-electron chi connectivity index (χ0n) is 14.1. The van der Waals surface area contributed by atoms with Gasteiger partial charge in [-0.05, 0) is 29.8 Å². The second-order valence-electron chi connectivity index (χ2n) is 6.90. The second kappa shape index (κ2) is 6.32. The quantitative estimate of drug-likeness (QED) is 0.880. The summed E-state index contributed by atoms with van der Waals surface area (Å²) in [4.78, 5) is 26.9. The Labute approximate surface area is 156 Å². The van der Waals surface area contributed by atoms with Crippen molar-refractivity contribution in [2.45, 2.75) is 24.9 Å². The fourth-order valence-electron chi connectivity index (χ4n) is 3.68. The fourth-order valence-corrected chi connectivity index (χ4v) is 3.92. The molecule has 0 bridgehead atoms. The number of benzene rings is 2. The number of amides is 1. The van der Waals surface area contributed by atoms with Crippen LogP contribution in [-0.4, -0.2) is 40.4 Å².